The Kier molecular flexibility index (Phi) is 3.12. The van der Waals surface area contributed by atoms with Crippen LogP contribution in [0.25, 0.3) is 0 Å². The Labute approximate surface area is 113 Å². The lowest BCUT2D eigenvalue weighted by molar-refractivity contribution is 0.407. The number of ether oxygens (including phenoxy) is 1. The van der Waals surface area contributed by atoms with Gasteiger partial charge in [-0.2, -0.15) is 0 Å². The van der Waals surface area contributed by atoms with Crippen LogP contribution in [0.5, 0.6) is 5.75 Å². The molecule has 3 rings (SSSR count). The van der Waals surface area contributed by atoms with Crippen LogP contribution in [-0.4, -0.2) is 25.2 Å². The van der Waals surface area contributed by atoms with Crippen LogP contribution in [0.3, 0.4) is 0 Å². The van der Waals surface area contributed by atoms with Crippen molar-refractivity contribution in [3.63, 3.8) is 0 Å². The number of piperidine rings is 1. The average molecular weight is 267 g/mol. The van der Waals surface area contributed by atoms with E-state index < -0.39 is 0 Å². The summed E-state index contributed by atoms with van der Waals surface area (Å²) in [5, 5.41) is 0.669. The molecule has 0 radical (unpaired) electrons. The molecule has 0 aliphatic carbocycles. The molecule has 2 N–H and O–H groups in total. The highest BCUT2D eigenvalue weighted by molar-refractivity contribution is 6.32. The van der Waals surface area contributed by atoms with E-state index in [-0.39, 0.29) is 0 Å². The second kappa shape index (κ2) is 4.63. The van der Waals surface area contributed by atoms with E-state index in [0.29, 0.717) is 23.1 Å². The molecule has 0 amide bonds. The molecule has 4 heteroatoms. The van der Waals surface area contributed by atoms with Crippen molar-refractivity contribution in [2.24, 2.45) is 5.73 Å². The first-order valence-corrected chi connectivity index (χ1v) is 6.94. The van der Waals surface area contributed by atoms with Crippen molar-refractivity contribution in [3.8, 4) is 5.75 Å². The number of halogens is 1. The van der Waals surface area contributed by atoms with Gasteiger partial charge in [0.1, 0.15) is 5.75 Å². The monoisotopic (exact) mass is 266 g/mol. The number of hydrogen-bond acceptors (Lipinski definition) is 3. The molecule has 2 aliphatic heterocycles. The second-order valence-corrected chi connectivity index (χ2v) is 5.75. The van der Waals surface area contributed by atoms with Gasteiger partial charge in [0, 0.05) is 29.9 Å². The van der Waals surface area contributed by atoms with Gasteiger partial charge in [0.25, 0.3) is 0 Å². The van der Waals surface area contributed by atoms with Crippen LogP contribution in [0.2, 0.25) is 5.02 Å². The van der Waals surface area contributed by atoms with Gasteiger partial charge in [-0.3, -0.25) is 0 Å². The molecule has 18 heavy (non-hydrogen) atoms. The highest BCUT2D eigenvalue weighted by Gasteiger charge is 2.39. The summed E-state index contributed by atoms with van der Waals surface area (Å²) in [7, 11) is 1.66. The third-order valence-electron chi connectivity index (χ3n) is 4.20. The predicted octanol–water partition coefficient (Wildman–Crippen LogP) is 2.81. The van der Waals surface area contributed by atoms with E-state index in [1.807, 2.05) is 12.1 Å². The van der Waals surface area contributed by atoms with E-state index in [4.69, 9.17) is 22.1 Å². The fraction of sp³-hybridized carbons (Fsp3) is 0.571. The van der Waals surface area contributed by atoms with E-state index in [1.165, 1.54) is 18.5 Å². The maximum Gasteiger partial charge on any atom is 0.139 e. The van der Waals surface area contributed by atoms with Gasteiger partial charge in [-0.25, -0.2) is 0 Å². The SMILES string of the molecule is COc1cc(N2C3CCC2CC(N)C3)ccc1Cl. The summed E-state index contributed by atoms with van der Waals surface area (Å²) in [6, 6.07) is 7.60. The maximum absolute atomic E-state index is 6.10. The van der Waals surface area contributed by atoms with Crippen molar-refractivity contribution >= 4 is 17.3 Å². The summed E-state index contributed by atoms with van der Waals surface area (Å²) in [4.78, 5) is 2.52. The maximum atomic E-state index is 6.10. The first-order valence-electron chi connectivity index (χ1n) is 6.56. The third kappa shape index (κ3) is 1.95. The zero-order chi connectivity index (χ0) is 12.7. The molecule has 2 atom stereocenters. The Balaban J connectivity index is 1.91. The Hall–Kier alpha value is -0.930. The van der Waals surface area contributed by atoms with E-state index in [0.717, 1.165) is 18.6 Å². The van der Waals surface area contributed by atoms with E-state index in [1.54, 1.807) is 7.11 Å². The van der Waals surface area contributed by atoms with E-state index in [9.17, 15) is 0 Å². The lowest BCUT2D eigenvalue weighted by atomic mass is 9.97. The first-order chi connectivity index (χ1) is 8.69. The molecule has 2 heterocycles. The lowest BCUT2D eigenvalue weighted by Gasteiger charge is -2.39. The average Bonchev–Trinajstić information content (AvgIpc) is 2.63. The topological polar surface area (TPSA) is 38.5 Å². The van der Waals surface area contributed by atoms with Crippen LogP contribution in [-0.2, 0) is 0 Å². The number of benzene rings is 1. The molecule has 98 valence electrons. The Bertz CT molecular complexity index is 437. The van der Waals surface area contributed by atoms with Crippen LogP contribution in [0, 0.1) is 0 Å². The standard InChI is InChI=1S/C14H19ClN2O/c1-18-14-8-12(4-5-13(14)15)17-10-2-3-11(17)7-9(16)6-10/h4-5,8-11H,2-3,6-7,16H2,1H3. The Morgan fingerprint density at radius 1 is 1.28 bits per heavy atom. The van der Waals surface area contributed by atoms with Gasteiger partial charge in [-0.05, 0) is 37.8 Å². The number of fused-ring (bicyclic) bond motifs is 2. The lowest BCUT2D eigenvalue weighted by Crippen LogP contribution is -2.47. The fourth-order valence-corrected chi connectivity index (χ4v) is 3.64. The molecule has 1 aromatic rings. The van der Waals surface area contributed by atoms with Crippen LogP contribution in [0.1, 0.15) is 25.7 Å². The first kappa shape index (κ1) is 12.1. The summed E-state index contributed by atoms with van der Waals surface area (Å²) < 4.78 is 5.31. The predicted molar refractivity (Wildman–Crippen MR) is 74.5 cm³/mol. The molecule has 1 aromatic carbocycles. The summed E-state index contributed by atoms with van der Waals surface area (Å²) in [5.74, 6) is 0.753. The van der Waals surface area contributed by atoms with Crippen molar-refractivity contribution in [2.75, 3.05) is 12.0 Å². The van der Waals surface area contributed by atoms with Crippen molar-refractivity contribution in [1.29, 1.82) is 0 Å². The fourth-order valence-electron chi connectivity index (χ4n) is 3.45. The van der Waals surface area contributed by atoms with Crippen molar-refractivity contribution < 1.29 is 4.74 Å². The zero-order valence-corrected chi connectivity index (χ0v) is 11.4. The molecule has 2 saturated heterocycles. The van der Waals surface area contributed by atoms with Crippen molar-refractivity contribution in [3.05, 3.63) is 23.2 Å². The Morgan fingerprint density at radius 2 is 1.94 bits per heavy atom. The normalized spacial score (nSPS) is 30.6. The van der Waals surface area contributed by atoms with Gasteiger partial charge in [-0.1, -0.05) is 11.6 Å². The second-order valence-electron chi connectivity index (χ2n) is 5.34. The van der Waals surface area contributed by atoms with Gasteiger partial charge in [0.2, 0.25) is 0 Å². The number of anilines is 1. The molecule has 2 bridgehead atoms. The summed E-state index contributed by atoms with van der Waals surface area (Å²) >= 11 is 6.08. The van der Waals surface area contributed by atoms with Crippen LogP contribution >= 0.6 is 11.6 Å². The summed E-state index contributed by atoms with van der Waals surface area (Å²) in [5.41, 5.74) is 7.32. The molecular weight excluding hydrogens is 248 g/mol. The van der Waals surface area contributed by atoms with Crippen molar-refractivity contribution in [2.45, 2.75) is 43.8 Å². The highest BCUT2D eigenvalue weighted by atomic mass is 35.5. The zero-order valence-electron chi connectivity index (χ0n) is 10.6. The van der Waals surface area contributed by atoms with Gasteiger partial charge in [0.05, 0.1) is 12.1 Å². The Morgan fingerprint density at radius 3 is 2.56 bits per heavy atom. The quantitative estimate of drug-likeness (QED) is 0.895. The summed E-state index contributed by atoms with van der Waals surface area (Å²) in [6.07, 6.45) is 4.70. The molecule has 2 aliphatic rings. The number of nitrogens with zero attached hydrogens (tertiary/aromatic N) is 1. The van der Waals surface area contributed by atoms with Gasteiger partial charge < -0.3 is 15.4 Å². The number of hydrogen-bond donors (Lipinski definition) is 1. The molecule has 0 saturated carbocycles. The molecule has 0 aromatic heterocycles. The molecule has 2 fully saturated rings. The largest absolute Gasteiger partial charge is 0.495 e. The minimum atomic E-state index is 0.368. The van der Waals surface area contributed by atoms with Gasteiger partial charge in [0.15, 0.2) is 0 Å². The van der Waals surface area contributed by atoms with E-state index in [2.05, 4.69) is 11.0 Å². The minimum absolute atomic E-state index is 0.368. The third-order valence-corrected chi connectivity index (χ3v) is 4.51. The summed E-state index contributed by atoms with van der Waals surface area (Å²) in [6.45, 7) is 0. The molecule has 2 unspecified atom stereocenters. The van der Waals surface area contributed by atoms with Crippen molar-refractivity contribution in [1.82, 2.24) is 0 Å². The number of methoxy groups -OCH3 is 1. The smallest absolute Gasteiger partial charge is 0.139 e. The van der Waals surface area contributed by atoms with E-state index >= 15 is 0 Å². The number of rotatable bonds is 2. The van der Waals surface area contributed by atoms with Crippen LogP contribution in [0.4, 0.5) is 5.69 Å². The van der Waals surface area contributed by atoms with Crippen LogP contribution < -0.4 is 15.4 Å². The van der Waals surface area contributed by atoms with Crippen LogP contribution in [0.15, 0.2) is 18.2 Å². The molecular formula is C14H19ClN2O. The number of nitrogens with two attached hydrogens (primary N) is 1. The highest BCUT2D eigenvalue weighted by Crippen LogP contribution is 2.40. The van der Waals surface area contributed by atoms with Gasteiger partial charge >= 0.3 is 0 Å². The molecule has 0 spiro atoms. The minimum Gasteiger partial charge on any atom is -0.495 e. The van der Waals surface area contributed by atoms with Gasteiger partial charge in [-0.15, -0.1) is 0 Å². The molecule has 3 nitrogen and oxygen atoms in total.